The number of alkyl halides is 6. The largest absolute Gasteiger partial charge is 0.741 e. The number of nitrogens with zero attached hydrogens (tertiary/aromatic N) is 2. The summed E-state index contributed by atoms with van der Waals surface area (Å²) >= 11 is 0. The number of fused-ring (bicyclic) bond motifs is 8. The molecule has 9 nitrogen and oxygen atoms in total. The second-order valence-corrected chi connectivity index (χ2v) is 14.3. The van der Waals surface area contributed by atoms with Gasteiger partial charge in [-0.1, -0.05) is 42.5 Å². The number of benzene rings is 3. The summed E-state index contributed by atoms with van der Waals surface area (Å²) in [5.74, 6) is 0.890. The maximum absolute atomic E-state index is 10.7. The van der Waals surface area contributed by atoms with Gasteiger partial charge >= 0.3 is 11.0 Å². The minimum atomic E-state index is -6.09. The van der Waals surface area contributed by atoms with Crippen LogP contribution in [-0.4, -0.2) is 44.1 Å². The molecule has 0 unspecified atom stereocenters. The molecule has 0 spiro atoms. The van der Waals surface area contributed by atoms with Crippen LogP contribution in [0.3, 0.4) is 0 Å². The Kier molecular flexibility index (Phi) is 10.8. The van der Waals surface area contributed by atoms with Crippen molar-refractivity contribution in [1.82, 2.24) is 0 Å². The fraction of sp³-hybridized carbons (Fsp3) is 0.200. The van der Waals surface area contributed by atoms with E-state index in [0.29, 0.717) is 0 Å². The highest BCUT2D eigenvalue weighted by atomic mass is 32.2. The first-order valence-electron chi connectivity index (χ1n) is 15.2. The third kappa shape index (κ3) is 8.61. The lowest BCUT2D eigenvalue weighted by atomic mass is 9.85. The molecule has 2 aliphatic rings. The zero-order valence-corrected chi connectivity index (χ0v) is 28.6. The minimum absolute atomic E-state index is 0.890. The molecule has 274 valence electrons. The molecule has 7 rings (SSSR count). The van der Waals surface area contributed by atoms with Crippen molar-refractivity contribution >= 4 is 43.2 Å². The van der Waals surface area contributed by atoms with E-state index in [-0.39, 0.29) is 0 Å². The molecule has 5 aromatic rings. The maximum Gasteiger partial charge on any atom is 0.485 e. The lowest BCUT2D eigenvalue weighted by Crippen LogP contribution is -2.43. The molecular formula is C35H28F6N2O7S2. The van der Waals surface area contributed by atoms with Gasteiger partial charge in [0.25, 0.3) is 0 Å². The summed E-state index contributed by atoms with van der Waals surface area (Å²) in [6, 6.07) is 28.7. The van der Waals surface area contributed by atoms with Crippen LogP contribution in [0.1, 0.15) is 22.3 Å². The summed E-state index contributed by atoms with van der Waals surface area (Å²) in [4.78, 5) is 0. The maximum atomic E-state index is 10.7. The van der Waals surface area contributed by atoms with Gasteiger partial charge in [0, 0.05) is 37.1 Å². The van der Waals surface area contributed by atoms with Gasteiger partial charge in [0.2, 0.25) is 11.4 Å². The lowest BCUT2D eigenvalue weighted by molar-refractivity contribution is -0.689. The Labute approximate surface area is 294 Å². The smallest absolute Gasteiger partial charge is 0.485 e. The van der Waals surface area contributed by atoms with Gasteiger partial charge in [-0.3, -0.25) is 0 Å². The number of aromatic nitrogens is 2. The second-order valence-electron chi connectivity index (χ2n) is 11.6. The summed E-state index contributed by atoms with van der Waals surface area (Å²) in [5.41, 5.74) is -0.484. The fourth-order valence-electron chi connectivity index (χ4n) is 5.80. The molecule has 0 saturated heterocycles. The van der Waals surface area contributed by atoms with Gasteiger partial charge < -0.3 is 13.8 Å². The van der Waals surface area contributed by atoms with E-state index in [1.165, 1.54) is 55.5 Å². The van der Waals surface area contributed by atoms with Crippen LogP contribution < -0.4 is 13.9 Å². The fourth-order valence-corrected chi connectivity index (χ4v) is 5.80. The summed E-state index contributed by atoms with van der Waals surface area (Å²) in [7, 11) is -10.5. The van der Waals surface area contributed by atoms with Gasteiger partial charge in [0.1, 0.15) is 5.75 Å². The third-order valence-electron chi connectivity index (χ3n) is 8.24. The first-order chi connectivity index (χ1) is 24.3. The lowest BCUT2D eigenvalue weighted by Gasteiger charge is -2.22. The molecule has 0 saturated carbocycles. The van der Waals surface area contributed by atoms with Crippen molar-refractivity contribution in [1.29, 1.82) is 0 Å². The minimum Gasteiger partial charge on any atom is -0.741 e. The molecule has 0 bridgehead atoms. The molecule has 17 heteroatoms. The molecule has 2 aliphatic heterocycles. The molecule has 0 fully saturated rings. The topological polar surface area (TPSA) is 131 Å². The van der Waals surface area contributed by atoms with Crippen LogP contribution in [0.2, 0.25) is 0 Å². The molecule has 0 radical (unpaired) electrons. The standard InChI is InChI=1S/C33H28N2O.2CHF3O3S/c1-36-29-12-11-27-20-23(7-8-28(27)22-29)5-6-24-13-17-35-19-15-26-10-9-25-14-18-34-16-3-2-4-30(34)32(25)33(26)31(35)21-24;2*2-1(3,4)8(5,6)7/h2-13,16-17,20-22H,14-15,18-19H2,1H3;2*(H,5,6,7)/q+2;;/p-2/b6-5+;;. The van der Waals surface area contributed by atoms with Crippen LogP contribution in [-0.2, 0) is 46.2 Å². The Hall–Kier alpha value is -4.84. The molecule has 0 N–H and O–H groups in total. The Morgan fingerprint density at radius 1 is 0.635 bits per heavy atom. The van der Waals surface area contributed by atoms with Crippen molar-refractivity contribution in [2.24, 2.45) is 0 Å². The summed E-state index contributed by atoms with van der Waals surface area (Å²) in [6.07, 6.45) is 11.1. The normalized spacial score (nSPS) is 13.8. The number of methoxy groups -OCH3 is 1. The van der Waals surface area contributed by atoms with Crippen LogP contribution >= 0.6 is 0 Å². The van der Waals surface area contributed by atoms with Crippen molar-refractivity contribution in [3.8, 4) is 28.3 Å². The van der Waals surface area contributed by atoms with Crippen molar-refractivity contribution in [2.45, 2.75) is 36.9 Å². The van der Waals surface area contributed by atoms with Gasteiger partial charge in [-0.15, -0.1) is 0 Å². The predicted molar refractivity (Wildman–Crippen MR) is 176 cm³/mol. The van der Waals surface area contributed by atoms with Gasteiger partial charge in [0.15, 0.2) is 45.7 Å². The van der Waals surface area contributed by atoms with Crippen molar-refractivity contribution in [2.75, 3.05) is 7.11 Å². The molecule has 52 heavy (non-hydrogen) atoms. The highest BCUT2D eigenvalue weighted by molar-refractivity contribution is 7.86. The number of hydrogen-bond donors (Lipinski definition) is 0. The van der Waals surface area contributed by atoms with Crippen LogP contribution in [0.4, 0.5) is 26.3 Å². The zero-order valence-electron chi connectivity index (χ0n) is 27.0. The monoisotopic (exact) mass is 766 g/mol. The highest BCUT2D eigenvalue weighted by Gasteiger charge is 2.38. The number of rotatable bonds is 3. The molecule has 0 amide bonds. The van der Waals surface area contributed by atoms with Gasteiger partial charge in [-0.05, 0) is 57.3 Å². The number of aryl methyl sites for hydroxylation is 4. The van der Waals surface area contributed by atoms with Crippen molar-refractivity contribution in [3.05, 3.63) is 114 Å². The number of halogens is 6. The Morgan fingerprint density at radius 3 is 1.69 bits per heavy atom. The van der Waals surface area contributed by atoms with E-state index in [1.54, 1.807) is 7.11 Å². The average Bonchev–Trinajstić information content (AvgIpc) is 3.08. The highest BCUT2D eigenvalue weighted by Crippen LogP contribution is 2.39. The Morgan fingerprint density at radius 2 is 1.13 bits per heavy atom. The Balaban J connectivity index is 0.000000275. The second kappa shape index (κ2) is 14.7. The number of ether oxygens (including phenoxy) is 1. The molecule has 0 aliphatic carbocycles. The van der Waals surface area contributed by atoms with Gasteiger partial charge in [0.05, 0.1) is 18.2 Å². The van der Waals surface area contributed by atoms with Crippen molar-refractivity contribution in [3.63, 3.8) is 0 Å². The predicted octanol–water partition coefficient (Wildman–Crippen LogP) is 6.14. The van der Waals surface area contributed by atoms with E-state index < -0.39 is 31.3 Å². The first-order valence-corrected chi connectivity index (χ1v) is 18.1. The summed E-state index contributed by atoms with van der Waals surface area (Å²) in [5, 5.41) is 2.41. The van der Waals surface area contributed by atoms with Gasteiger partial charge in [-0.25, -0.2) is 16.8 Å². The van der Waals surface area contributed by atoms with E-state index in [9.17, 15) is 26.3 Å². The molecule has 3 aromatic carbocycles. The molecular weight excluding hydrogens is 739 g/mol. The SMILES string of the molecule is COc1ccc2cc(/C=C/c3cc[n+]4c(c3)-c3c(ccc5c3-c3cccc[n+]3CC5)CC4)ccc2c1.O=S(=O)([O-])C(F)(F)F.O=S(=O)([O-])C(F)(F)F. The van der Waals surface area contributed by atoms with E-state index in [4.69, 9.17) is 30.7 Å². The van der Waals surface area contributed by atoms with E-state index in [2.05, 4.69) is 106 Å². The third-order valence-corrected chi connectivity index (χ3v) is 9.38. The average molecular weight is 767 g/mol. The molecule has 0 atom stereocenters. The summed E-state index contributed by atoms with van der Waals surface area (Å²) in [6.45, 7) is 2.07. The molecule has 2 aromatic heterocycles. The number of pyridine rings is 2. The van der Waals surface area contributed by atoms with Crippen LogP contribution in [0.15, 0.2) is 91.3 Å². The number of hydrogen-bond acceptors (Lipinski definition) is 7. The van der Waals surface area contributed by atoms with Gasteiger partial charge in [-0.2, -0.15) is 35.5 Å². The van der Waals surface area contributed by atoms with Crippen LogP contribution in [0.5, 0.6) is 5.75 Å². The first kappa shape index (κ1) is 38.4. The zero-order chi connectivity index (χ0) is 38.1. The molecule has 4 heterocycles. The van der Waals surface area contributed by atoms with E-state index >= 15 is 0 Å². The van der Waals surface area contributed by atoms with E-state index in [0.717, 1.165) is 31.7 Å². The quantitative estimate of drug-likeness (QED) is 0.0933. The van der Waals surface area contributed by atoms with Crippen LogP contribution in [0.25, 0.3) is 45.4 Å². The summed E-state index contributed by atoms with van der Waals surface area (Å²) < 4.78 is 128. The van der Waals surface area contributed by atoms with Crippen LogP contribution in [0, 0.1) is 0 Å². The Bertz CT molecular complexity index is 2350. The van der Waals surface area contributed by atoms with Crippen molar-refractivity contribution < 1.29 is 66.2 Å². The van der Waals surface area contributed by atoms with E-state index in [1.807, 2.05) is 6.07 Å².